The van der Waals surface area contributed by atoms with Crippen molar-refractivity contribution < 1.29 is 13.9 Å². The highest BCUT2D eigenvalue weighted by Crippen LogP contribution is 2.38. The molecule has 2 aromatic heterocycles. The number of anilines is 2. The highest BCUT2D eigenvalue weighted by atomic mass is 19.1. The van der Waals surface area contributed by atoms with Gasteiger partial charge in [-0.2, -0.15) is 10.4 Å². The summed E-state index contributed by atoms with van der Waals surface area (Å²) < 4.78 is 21.8. The number of aryl methyl sites for hydroxylation is 1. The maximum Gasteiger partial charge on any atom is 0.259 e. The summed E-state index contributed by atoms with van der Waals surface area (Å²) in [6.07, 6.45) is 0.836. The smallest absolute Gasteiger partial charge is 0.259 e. The average molecular weight is 460 g/mol. The van der Waals surface area contributed by atoms with Gasteiger partial charge >= 0.3 is 0 Å². The lowest BCUT2D eigenvalue weighted by atomic mass is 10.0. The number of aromatic nitrogens is 4. The van der Waals surface area contributed by atoms with Crippen molar-refractivity contribution in [3.8, 4) is 23.2 Å². The van der Waals surface area contributed by atoms with E-state index in [1.807, 2.05) is 0 Å². The van der Waals surface area contributed by atoms with Crippen molar-refractivity contribution in [2.75, 3.05) is 10.6 Å². The molecule has 1 amide bonds. The molecule has 11 heteroatoms. The Labute approximate surface area is 194 Å². The van der Waals surface area contributed by atoms with E-state index in [2.05, 4.69) is 26.1 Å². The fourth-order valence-electron chi connectivity index (χ4n) is 4.30. The fourth-order valence-corrected chi connectivity index (χ4v) is 4.30. The van der Waals surface area contributed by atoms with E-state index < -0.39 is 17.5 Å². The molecule has 2 N–H and O–H groups in total. The van der Waals surface area contributed by atoms with Crippen LogP contribution in [0, 0.1) is 17.1 Å². The maximum absolute atomic E-state index is 14.3. The second kappa shape index (κ2) is 7.34. The molecular formula is C23H21FN8O2. The summed E-state index contributed by atoms with van der Waals surface area (Å²) in [6.45, 7) is 5.13. The van der Waals surface area contributed by atoms with Crippen molar-refractivity contribution in [3.05, 3.63) is 47.2 Å². The molecule has 0 saturated carbocycles. The Morgan fingerprint density at radius 2 is 2.12 bits per heavy atom. The third-order valence-electron chi connectivity index (χ3n) is 5.92. The van der Waals surface area contributed by atoms with Gasteiger partial charge in [0.1, 0.15) is 35.1 Å². The Kier molecular flexibility index (Phi) is 4.65. The molecule has 0 aliphatic carbocycles. The topological polar surface area (TPSA) is 135 Å². The molecule has 0 saturated heterocycles. The summed E-state index contributed by atoms with van der Waals surface area (Å²) >= 11 is 0. The van der Waals surface area contributed by atoms with Gasteiger partial charge in [0.2, 0.25) is 0 Å². The van der Waals surface area contributed by atoms with Crippen molar-refractivity contribution in [2.24, 2.45) is 12.0 Å². The van der Waals surface area contributed by atoms with E-state index >= 15 is 0 Å². The number of ether oxygens (including phenoxy) is 1. The molecular weight excluding hydrogens is 439 g/mol. The molecule has 4 heterocycles. The summed E-state index contributed by atoms with van der Waals surface area (Å²) in [7, 11) is 1.65. The van der Waals surface area contributed by atoms with Crippen LogP contribution in [0.2, 0.25) is 0 Å². The number of amidine groups is 1. The molecule has 172 valence electrons. The Morgan fingerprint density at radius 1 is 1.35 bits per heavy atom. The summed E-state index contributed by atoms with van der Waals surface area (Å²) in [4.78, 5) is 28.3. The number of nitrogens with two attached hydrogens (primary N) is 1. The van der Waals surface area contributed by atoms with Crippen LogP contribution in [0.1, 0.15) is 43.8 Å². The third kappa shape index (κ3) is 3.18. The standard InChI is InChI=1S/C23H21FN8O2/c1-11-13-7-12(24)5-6-16(13)32-18(29-23(2,3)22(32)33)8-14-19(17(9-25)31(4)30-14)15-10-27-20(26)21(28-15)34-11/h5-7,10-11H,8H2,1-4H3,(H2,26,27). The monoisotopic (exact) mass is 460 g/mol. The molecule has 2 aliphatic heterocycles. The Balaban J connectivity index is 1.82. The molecule has 0 fully saturated rings. The van der Waals surface area contributed by atoms with Crippen LogP contribution in [0.4, 0.5) is 15.9 Å². The average Bonchev–Trinajstić information content (AvgIpc) is 3.20. The first kappa shape index (κ1) is 21.5. The SMILES string of the molecule is CC1Oc2nc(cnc2N)-c2c(nn(C)c2C#N)CC2=NC(C)(C)C(=O)N2c2ccc(F)cc21. The lowest BCUT2D eigenvalue weighted by molar-refractivity contribution is -0.120. The molecule has 34 heavy (non-hydrogen) atoms. The predicted octanol–water partition coefficient (Wildman–Crippen LogP) is 2.69. The summed E-state index contributed by atoms with van der Waals surface area (Å²) in [5.74, 6) is -0.264. The summed E-state index contributed by atoms with van der Waals surface area (Å²) in [5, 5.41) is 14.3. The van der Waals surface area contributed by atoms with Crippen LogP contribution in [0.15, 0.2) is 29.4 Å². The number of benzene rings is 1. The number of carbonyl (C=O) groups is 1. The number of fused-ring (bicyclic) bond motifs is 7. The first-order valence-electron chi connectivity index (χ1n) is 10.6. The highest BCUT2D eigenvalue weighted by Gasteiger charge is 2.43. The maximum atomic E-state index is 14.3. The van der Waals surface area contributed by atoms with E-state index in [1.165, 1.54) is 34.0 Å². The van der Waals surface area contributed by atoms with Gasteiger partial charge < -0.3 is 10.5 Å². The van der Waals surface area contributed by atoms with Gasteiger partial charge in [0.15, 0.2) is 5.82 Å². The molecule has 2 bridgehead atoms. The van der Waals surface area contributed by atoms with Crippen LogP contribution >= 0.6 is 0 Å². The van der Waals surface area contributed by atoms with Crippen molar-refractivity contribution in [2.45, 2.75) is 38.8 Å². The molecule has 2 aliphatic rings. The number of nitrogen functional groups attached to an aromatic ring is 1. The molecule has 0 radical (unpaired) electrons. The normalized spacial score (nSPS) is 18.5. The Morgan fingerprint density at radius 3 is 2.85 bits per heavy atom. The largest absolute Gasteiger partial charge is 0.467 e. The summed E-state index contributed by atoms with van der Waals surface area (Å²) in [5.41, 5.74) is 7.38. The first-order chi connectivity index (χ1) is 16.1. The third-order valence-corrected chi connectivity index (χ3v) is 5.92. The number of halogens is 1. The van der Waals surface area contributed by atoms with Gasteiger partial charge in [0, 0.05) is 12.6 Å². The first-order valence-corrected chi connectivity index (χ1v) is 10.6. The Bertz CT molecular complexity index is 1440. The fraction of sp³-hybridized carbons (Fsp3) is 0.304. The predicted molar refractivity (Wildman–Crippen MR) is 122 cm³/mol. The zero-order valence-electron chi connectivity index (χ0n) is 19.0. The molecule has 1 unspecified atom stereocenters. The number of aliphatic imine (C=N–C) groups is 1. The number of nitriles is 1. The Hall–Kier alpha value is -4.33. The van der Waals surface area contributed by atoms with E-state index in [4.69, 9.17) is 10.5 Å². The lowest BCUT2D eigenvalue weighted by Gasteiger charge is -2.26. The number of hydrogen-bond acceptors (Lipinski definition) is 8. The van der Waals surface area contributed by atoms with Crippen molar-refractivity contribution in [3.63, 3.8) is 0 Å². The van der Waals surface area contributed by atoms with Crippen molar-refractivity contribution in [1.29, 1.82) is 5.26 Å². The second-order valence-corrected chi connectivity index (χ2v) is 8.72. The minimum Gasteiger partial charge on any atom is -0.467 e. The van der Waals surface area contributed by atoms with E-state index in [0.717, 1.165) is 0 Å². The zero-order chi connectivity index (χ0) is 24.4. The number of nitrogens with zero attached hydrogens (tertiary/aromatic N) is 7. The van der Waals surface area contributed by atoms with Crippen LogP contribution in [0.5, 0.6) is 5.88 Å². The number of rotatable bonds is 0. The van der Waals surface area contributed by atoms with Crippen LogP contribution in [0.3, 0.4) is 0 Å². The minimum atomic E-state index is -1.04. The van der Waals surface area contributed by atoms with Crippen molar-refractivity contribution >= 4 is 23.2 Å². The lowest BCUT2D eigenvalue weighted by Crippen LogP contribution is -2.40. The quantitative estimate of drug-likeness (QED) is 0.545. The number of hydrogen-bond donors (Lipinski definition) is 1. The van der Waals surface area contributed by atoms with Crippen molar-refractivity contribution in [1.82, 2.24) is 19.7 Å². The number of amides is 1. The van der Waals surface area contributed by atoms with Crippen LogP contribution in [0.25, 0.3) is 11.3 Å². The van der Waals surface area contributed by atoms with Gasteiger partial charge in [0.05, 0.1) is 35.3 Å². The molecule has 1 aromatic carbocycles. The zero-order valence-corrected chi connectivity index (χ0v) is 19.0. The second-order valence-electron chi connectivity index (χ2n) is 8.72. The minimum absolute atomic E-state index is 0.0291. The van der Waals surface area contributed by atoms with E-state index in [-0.39, 0.29) is 29.7 Å². The van der Waals surface area contributed by atoms with E-state index in [0.29, 0.717) is 34.0 Å². The van der Waals surface area contributed by atoms with Crippen LogP contribution in [-0.4, -0.2) is 37.0 Å². The van der Waals surface area contributed by atoms with Gasteiger partial charge in [0.25, 0.3) is 11.8 Å². The molecule has 1 atom stereocenters. The van der Waals surface area contributed by atoms with E-state index in [9.17, 15) is 14.4 Å². The van der Waals surface area contributed by atoms with Gasteiger partial charge in [-0.15, -0.1) is 0 Å². The van der Waals surface area contributed by atoms with Crippen LogP contribution < -0.4 is 15.4 Å². The molecule has 10 nitrogen and oxygen atoms in total. The molecule has 0 spiro atoms. The van der Waals surface area contributed by atoms with Gasteiger partial charge in [-0.3, -0.25) is 19.4 Å². The highest BCUT2D eigenvalue weighted by molar-refractivity contribution is 6.25. The summed E-state index contributed by atoms with van der Waals surface area (Å²) in [6, 6.07) is 6.27. The van der Waals surface area contributed by atoms with Gasteiger partial charge in [-0.1, -0.05) is 0 Å². The molecule has 5 rings (SSSR count). The van der Waals surface area contributed by atoms with Gasteiger partial charge in [-0.05, 0) is 39.0 Å². The van der Waals surface area contributed by atoms with Gasteiger partial charge in [-0.25, -0.2) is 14.4 Å². The number of carbonyl (C=O) groups excluding carboxylic acids is 1. The molecule has 3 aromatic rings. The van der Waals surface area contributed by atoms with Crippen LogP contribution in [-0.2, 0) is 18.3 Å². The van der Waals surface area contributed by atoms with E-state index in [1.54, 1.807) is 27.8 Å².